The van der Waals surface area contributed by atoms with Crippen molar-refractivity contribution in [3.05, 3.63) is 34.3 Å². The van der Waals surface area contributed by atoms with Crippen LogP contribution >= 0.6 is 11.3 Å². The smallest absolute Gasteiger partial charge is 0.152 e. The number of ether oxygens (including phenoxy) is 1. The van der Waals surface area contributed by atoms with Crippen LogP contribution in [-0.4, -0.2) is 12.1 Å². The van der Waals surface area contributed by atoms with E-state index in [0.717, 1.165) is 27.4 Å². The first kappa shape index (κ1) is 11.6. The van der Waals surface area contributed by atoms with Crippen LogP contribution in [0.2, 0.25) is 0 Å². The first-order valence-corrected chi connectivity index (χ1v) is 6.05. The van der Waals surface area contributed by atoms with E-state index in [9.17, 15) is 0 Å². The van der Waals surface area contributed by atoms with Crippen LogP contribution in [0.15, 0.2) is 17.5 Å². The van der Waals surface area contributed by atoms with Crippen molar-refractivity contribution in [2.45, 2.75) is 13.8 Å². The number of aryl methyl sites for hydroxylation is 2. The third kappa shape index (κ3) is 2.15. The van der Waals surface area contributed by atoms with Gasteiger partial charge in [0.1, 0.15) is 16.8 Å². The van der Waals surface area contributed by atoms with Crippen LogP contribution in [0.5, 0.6) is 5.75 Å². The highest BCUT2D eigenvalue weighted by Crippen LogP contribution is 2.31. The minimum atomic E-state index is 0.469. The Bertz CT molecular complexity index is 573. The third-order valence-electron chi connectivity index (χ3n) is 2.53. The second kappa shape index (κ2) is 4.56. The van der Waals surface area contributed by atoms with Crippen molar-refractivity contribution < 1.29 is 4.74 Å². The Kier molecular flexibility index (Phi) is 3.12. The van der Waals surface area contributed by atoms with E-state index in [-0.39, 0.29) is 0 Å². The van der Waals surface area contributed by atoms with Crippen LogP contribution in [0.3, 0.4) is 0 Å². The van der Waals surface area contributed by atoms with Crippen LogP contribution in [-0.2, 0) is 0 Å². The number of methoxy groups -OCH3 is 1. The molecule has 86 valence electrons. The molecule has 1 aromatic heterocycles. The van der Waals surface area contributed by atoms with Gasteiger partial charge in [0.2, 0.25) is 0 Å². The molecule has 0 aliphatic rings. The van der Waals surface area contributed by atoms with E-state index < -0.39 is 0 Å². The highest BCUT2D eigenvalue weighted by atomic mass is 32.1. The molecule has 17 heavy (non-hydrogen) atoms. The van der Waals surface area contributed by atoms with Crippen molar-refractivity contribution >= 4 is 11.3 Å². The number of benzene rings is 1. The minimum absolute atomic E-state index is 0.469. The summed E-state index contributed by atoms with van der Waals surface area (Å²) in [6.45, 7) is 4.02. The molecule has 0 atom stereocenters. The summed E-state index contributed by atoms with van der Waals surface area (Å²) in [7, 11) is 1.67. The fraction of sp³-hybridized carbons (Fsp3) is 0.231. The van der Waals surface area contributed by atoms with Gasteiger partial charge in [-0.1, -0.05) is 0 Å². The number of hydrogen-bond donors (Lipinski definition) is 0. The summed E-state index contributed by atoms with van der Waals surface area (Å²) in [5.74, 6) is 0.908. The summed E-state index contributed by atoms with van der Waals surface area (Å²) in [6.07, 6.45) is 0. The van der Waals surface area contributed by atoms with Gasteiger partial charge in [0, 0.05) is 10.9 Å². The molecule has 2 rings (SSSR count). The molecule has 0 fully saturated rings. The Hall–Kier alpha value is -1.86. The van der Waals surface area contributed by atoms with Crippen molar-refractivity contribution in [1.29, 1.82) is 5.26 Å². The normalized spacial score (nSPS) is 10.0. The molecule has 0 N–H and O–H groups in total. The van der Waals surface area contributed by atoms with Crippen molar-refractivity contribution in [3.63, 3.8) is 0 Å². The summed E-state index contributed by atoms with van der Waals surface area (Å²) in [6, 6.07) is 6.11. The molecule has 3 nitrogen and oxygen atoms in total. The SMILES string of the molecule is COc1c(C)cc(-c2nc(C#N)cs2)cc1C. The summed E-state index contributed by atoms with van der Waals surface area (Å²) in [5, 5.41) is 11.4. The molecule has 0 amide bonds. The largest absolute Gasteiger partial charge is 0.496 e. The molecule has 0 aliphatic carbocycles. The average molecular weight is 244 g/mol. The second-order valence-corrected chi connectivity index (χ2v) is 4.65. The first-order chi connectivity index (χ1) is 8.15. The lowest BCUT2D eigenvalue weighted by Crippen LogP contribution is -1.92. The topological polar surface area (TPSA) is 45.9 Å². The highest BCUT2D eigenvalue weighted by molar-refractivity contribution is 7.13. The molecule has 2 aromatic rings. The zero-order valence-electron chi connectivity index (χ0n) is 9.94. The van der Waals surface area contributed by atoms with Crippen LogP contribution < -0.4 is 4.74 Å². The highest BCUT2D eigenvalue weighted by Gasteiger charge is 2.09. The van der Waals surface area contributed by atoms with Gasteiger partial charge >= 0.3 is 0 Å². The van der Waals surface area contributed by atoms with Crippen LogP contribution in [0.1, 0.15) is 16.8 Å². The summed E-state index contributed by atoms with van der Waals surface area (Å²) in [5.41, 5.74) is 3.66. The quantitative estimate of drug-likeness (QED) is 0.814. The lowest BCUT2D eigenvalue weighted by Gasteiger charge is -2.09. The van der Waals surface area contributed by atoms with E-state index in [2.05, 4.69) is 4.98 Å². The summed E-state index contributed by atoms with van der Waals surface area (Å²) < 4.78 is 5.32. The van der Waals surface area contributed by atoms with Gasteiger partial charge in [-0.2, -0.15) is 5.26 Å². The molecular weight excluding hydrogens is 232 g/mol. The van der Waals surface area contributed by atoms with Gasteiger partial charge in [-0.25, -0.2) is 4.98 Å². The van der Waals surface area contributed by atoms with Crippen LogP contribution in [0.4, 0.5) is 0 Å². The number of aromatic nitrogens is 1. The van der Waals surface area contributed by atoms with Crippen molar-refractivity contribution in [3.8, 4) is 22.4 Å². The van der Waals surface area contributed by atoms with Crippen molar-refractivity contribution in [2.24, 2.45) is 0 Å². The van der Waals surface area contributed by atoms with Gasteiger partial charge in [-0.15, -0.1) is 11.3 Å². The van der Waals surface area contributed by atoms with E-state index in [0.29, 0.717) is 5.69 Å². The van der Waals surface area contributed by atoms with Gasteiger partial charge in [-0.3, -0.25) is 0 Å². The Morgan fingerprint density at radius 3 is 2.41 bits per heavy atom. The standard InChI is InChI=1S/C13H12N2OS/c1-8-4-10(5-9(2)12(8)16-3)13-15-11(6-14)7-17-13/h4-5,7H,1-3H3. The Morgan fingerprint density at radius 2 is 1.94 bits per heavy atom. The molecule has 0 unspecified atom stereocenters. The van der Waals surface area contributed by atoms with Crippen LogP contribution in [0.25, 0.3) is 10.6 Å². The number of nitriles is 1. The fourth-order valence-electron chi connectivity index (χ4n) is 1.85. The predicted octanol–water partition coefficient (Wildman–Crippen LogP) is 3.31. The van der Waals surface area contributed by atoms with E-state index in [1.54, 1.807) is 12.5 Å². The van der Waals surface area contributed by atoms with E-state index in [1.165, 1.54) is 11.3 Å². The zero-order valence-corrected chi connectivity index (χ0v) is 10.8. The van der Waals surface area contributed by atoms with Crippen molar-refractivity contribution in [1.82, 2.24) is 4.98 Å². The second-order valence-electron chi connectivity index (χ2n) is 3.79. The average Bonchev–Trinajstić information content (AvgIpc) is 2.77. The lowest BCUT2D eigenvalue weighted by atomic mass is 10.1. The van der Waals surface area contributed by atoms with Crippen LogP contribution in [0, 0.1) is 25.2 Å². The number of nitrogens with zero attached hydrogens (tertiary/aromatic N) is 2. The minimum Gasteiger partial charge on any atom is -0.496 e. The number of thiazole rings is 1. The van der Waals surface area contributed by atoms with E-state index >= 15 is 0 Å². The molecule has 1 heterocycles. The van der Waals surface area contributed by atoms with Crippen molar-refractivity contribution in [2.75, 3.05) is 7.11 Å². The number of rotatable bonds is 2. The zero-order chi connectivity index (χ0) is 12.4. The van der Waals surface area contributed by atoms with Gasteiger partial charge < -0.3 is 4.74 Å². The predicted molar refractivity (Wildman–Crippen MR) is 68.3 cm³/mol. The fourth-order valence-corrected chi connectivity index (χ4v) is 2.59. The molecule has 1 aromatic carbocycles. The Balaban J connectivity index is 2.51. The lowest BCUT2D eigenvalue weighted by molar-refractivity contribution is 0.408. The molecule has 0 radical (unpaired) electrons. The maximum Gasteiger partial charge on any atom is 0.152 e. The Labute approximate surface area is 104 Å². The molecule has 0 aliphatic heterocycles. The molecule has 0 bridgehead atoms. The molecule has 4 heteroatoms. The molecule has 0 spiro atoms. The van der Waals surface area contributed by atoms with Gasteiger partial charge in [0.05, 0.1) is 7.11 Å². The molecule has 0 saturated carbocycles. The monoisotopic (exact) mass is 244 g/mol. The van der Waals surface area contributed by atoms with E-state index in [1.807, 2.05) is 32.0 Å². The first-order valence-electron chi connectivity index (χ1n) is 5.17. The maximum atomic E-state index is 8.76. The Morgan fingerprint density at radius 1 is 1.29 bits per heavy atom. The van der Waals surface area contributed by atoms with E-state index in [4.69, 9.17) is 10.00 Å². The molecule has 0 saturated heterocycles. The van der Waals surface area contributed by atoms with Gasteiger partial charge in [0.15, 0.2) is 5.69 Å². The number of hydrogen-bond acceptors (Lipinski definition) is 4. The maximum absolute atomic E-state index is 8.76. The molecular formula is C13H12N2OS. The van der Waals surface area contributed by atoms with Gasteiger partial charge in [0.25, 0.3) is 0 Å². The summed E-state index contributed by atoms with van der Waals surface area (Å²) >= 11 is 1.48. The third-order valence-corrected chi connectivity index (χ3v) is 3.42. The summed E-state index contributed by atoms with van der Waals surface area (Å²) in [4.78, 5) is 4.25. The van der Waals surface area contributed by atoms with Gasteiger partial charge in [-0.05, 0) is 37.1 Å².